The topological polar surface area (TPSA) is 72.0 Å². The Morgan fingerprint density at radius 2 is 2.07 bits per heavy atom. The van der Waals surface area contributed by atoms with Crippen molar-refractivity contribution in [1.29, 1.82) is 0 Å². The average molecular weight is 227 g/mol. The first-order valence-corrected chi connectivity index (χ1v) is 6.70. The molecule has 15 heavy (non-hydrogen) atoms. The van der Waals surface area contributed by atoms with Gasteiger partial charge < -0.3 is 5.32 Å². The van der Waals surface area contributed by atoms with Crippen molar-refractivity contribution >= 4 is 15.5 Å². The summed E-state index contributed by atoms with van der Waals surface area (Å²) in [4.78, 5) is 7.73. The first kappa shape index (κ1) is 10.4. The minimum Gasteiger partial charge on any atom is -0.379 e. The van der Waals surface area contributed by atoms with Gasteiger partial charge in [-0.25, -0.2) is 18.4 Å². The van der Waals surface area contributed by atoms with E-state index in [-0.39, 0.29) is 11.8 Å². The number of hydrogen-bond acceptors (Lipinski definition) is 5. The quantitative estimate of drug-likeness (QED) is 0.795. The summed E-state index contributed by atoms with van der Waals surface area (Å²) >= 11 is 0. The number of aromatic nitrogens is 2. The lowest BCUT2D eigenvalue weighted by atomic mass is 10.2. The maximum atomic E-state index is 11.4. The first-order chi connectivity index (χ1) is 7.16. The SMILES string of the molecule is O=S1(=O)CCCC(Nc2cncnc2)C1. The van der Waals surface area contributed by atoms with Gasteiger partial charge in [0.25, 0.3) is 0 Å². The molecule has 0 amide bonds. The van der Waals surface area contributed by atoms with Crippen molar-refractivity contribution in [3.05, 3.63) is 18.7 Å². The molecule has 1 aromatic rings. The van der Waals surface area contributed by atoms with E-state index in [1.165, 1.54) is 6.33 Å². The molecule has 82 valence electrons. The largest absolute Gasteiger partial charge is 0.379 e. The van der Waals surface area contributed by atoms with Crippen LogP contribution in [0.1, 0.15) is 12.8 Å². The van der Waals surface area contributed by atoms with Crippen molar-refractivity contribution in [2.75, 3.05) is 16.8 Å². The molecule has 0 aromatic carbocycles. The molecule has 1 N–H and O–H groups in total. The van der Waals surface area contributed by atoms with Gasteiger partial charge in [0.05, 0.1) is 29.6 Å². The van der Waals surface area contributed by atoms with E-state index >= 15 is 0 Å². The summed E-state index contributed by atoms with van der Waals surface area (Å²) < 4.78 is 22.8. The molecule has 1 unspecified atom stereocenters. The Balaban J connectivity index is 2.01. The summed E-state index contributed by atoms with van der Waals surface area (Å²) in [6, 6.07) is -0.00486. The van der Waals surface area contributed by atoms with Crippen molar-refractivity contribution in [2.45, 2.75) is 18.9 Å². The molecule has 2 heterocycles. The highest BCUT2D eigenvalue weighted by molar-refractivity contribution is 7.91. The van der Waals surface area contributed by atoms with E-state index in [2.05, 4.69) is 15.3 Å². The predicted octanol–water partition coefficient (Wildman–Crippen LogP) is 0.466. The molecular weight excluding hydrogens is 214 g/mol. The first-order valence-electron chi connectivity index (χ1n) is 4.88. The molecule has 0 radical (unpaired) electrons. The molecule has 1 atom stereocenters. The normalized spacial score (nSPS) is 24.7. The fourth-order valence-corrected chi connectivity index (χ4v) is 3.38. The smallest absolute Gasteiger partial charge is 0.152 e. The van der Waals surface area contributed by atoms with Gasteiger partial charge in [0, 0.05) is 6.04 Å². The van der Waals surface area contributed by atoms with Gasteiger partial charge in [-0.3, -0.25) is 0 Å². The molecule has 2 rings (SSSR count). The van der Waals surface area contributed by atoms with Crippen molar-refractivity contribution < 1.29 is 8.42 Å². The van der Waals surface area contributed by atoms with Crippen LogP contribution in [-0.4, -0.2) is 35.9 Å². The summed E-state index contributed by atoms with van der Waals surface area (Å²) in [5.41, 5.74) is 0.777. The Kier molecular flexibility index (Phi) is 2.86. The van der Waals surface area contributed by atoms with Crippen LogP contribution in [0.3, 0.4) is 0 Å². The predicted molar refractivity (Wildman–Crippen MR) is 57.3 cm³/mol. The maximum absolute atomic E-state index is 11.4. The van der Waals surface area contributed by atoms with E-state index in [4.69, 9.17) is 0 Å². The monoisotopic (exact) mass is 227 g/mol. The molecule has 0 aliphatic carbocycles. The second-order valence-electron chi connectivity index (χ2n) is 3.73. The highest BCUT2D eigenvalue weighted by Gasteiger charge is 2.24. The standard InChI is InChI=1S/C9H13N3O2S/c13-15(14)3-1-2-8(6-15)12-9-4-10-7-11-5-9/h4-5,7-8,12H,1-3,6H2. The molecule has 5 nitrogen and oxygen atoms in total. The fourth-order valence-electron chi connectivity index (χ4n) is 1.75. The van der Waals surface area contributed by atoms with Crippen LogP contribution < -0.4 is 5.32 Å². The van der Waals surface area contributed by atoms with Gasteiger partial charge >= 0.3 is 0 Å². The molecule has 6 heteroatoms. The second kappa shape index (κ2) is 4.14. The van der Waals surface area contributed by atoms with Crippen LogP contribution in [0.5, 0.6) is 0 Å². The van der Waals surface area contributed by atoms with Crippen LogP contribution in [-0.2, 0) is 9.84 Å². The fraction of sp³-hybridized carbons (Fsp3) is 0.556. The zero-order valence-electron chi connectivity index (χ0n) is 8.26. The van der Waals surface area contributed by atoms with Gasteiger partial charge in [-0.2, -0.15) is 0 Å². The Labute approximate surface area is 88.9 Å². The molecule has 0 bridgehead atoms. The Bertz CT molecular complexity index is 418. The zero-order chi connectivity index (χ0) is 10.7. The van der Waals surface area contributed by atoms with E-state index in [9.17, 15) is 8.42 Å². The molecule has 1 aliphatic heterocycles. The molecule has 0 saturated carbocycles. The van der Waals surface area contributed by atoms with Crippen LogP contribution in [0.15, 0.2) is 18.7 Å². The second-order valence-corrected chi connectivity index (χ2v) is 5.95. The van der Waals surface area contributed by atoms with Gasteiger partial charge in [0.15, 0.2) is 9.84 Å². The Morgan fingerprint density at radius 1 is 1.33 bits per heavy atom. The van der Waals surface area contributed by atoms with E-state index in [0.717, 1.165) is 18.5 Å². The molecule has 1 aromatic heterocycles. The van der Waals surface area contributed by atoms with Crippen LogP contribution >= 0.6 is 0 Å². The van der Waals surface area contributed by atoms with Crippen molar-refractivity contribution in [2.24, 2.45) is 0 Å². The third kappa shape index (κ3) is 2.89. The third-order valence-electron chi connectivity index (χ3n) is 2.39. The van der Waals surface area contributed by atoms with Gasteiger partial charge in [-0.1, -0.05) is 0 Å². The van der Waals surface area contributed by atoms with E-state index < -0.39 is 9.84 Å². The van der Waals surface area contributed by atoms with E-state index in [0.29, 0.717) is 5.75 Å². The summed E-state index contributed by atoms with van der Waals surface area (Å²) in [6.07, 6.45) is 6.35. The summed E-state index contributed by atoms with van der Waals surface area (Å²) in [5.74, 6) is 0.526. The maximum Gasteiger partial charge on any atom is 0.152 e. The van der Waals surface area contributed by atoms with Crippen molar-refractivity contribution in [3.63, 3.8) is 0 Å². The lowest BCUT2D eigenvalue weighted by Crippen LogP contribution is -2.34. The van der Waals surface area contributed by atoms with Gasteiger partial charge in [0.2, 0.25) is 0 Å². The van der Waals surface area contributed by atoms with Crippen molar-refractivity contribution in [1.82, 2.24) is 9.97 Å². The minimum atomic E-state index is -2.86. The lowest BCUT2D eigenvalue weighted by Gasteiger charge is -2.23. The highest BCUT2D eigenvalue weighted by Crippen LogP contribution is 2.16. The number of sulfone groups is 1. The van der Waals surface area contributed by atoms with Crippen LogP contribution in [0, 0.1) is 0 Å². The molecular formula is C9H13N3O2S. The van der Waals surface area contributed by atoms with E-state index in [1.807, 2.05) is 0 Å². The Hall–Kier alpha value is -1.17. The number of rotatable bonds is 2. The molecule has 1 saturated heterocycles. The minimum absolute atomic E-state index is 0.00486. The number of nitrogens with zero attached hydrogens (tertiary/aromatic N) is 2. The van der Waals surface area contributed by atoms with Gasteiger partial charge in [-0.05, 0) is 12.8 Å². The summed E-state index contributed by atoms with van der Waals surface area (Å²) in [6.45, 7) is 0. The number of hydrogen-bond donors (Lipinski definition) is 1. The van der Waals surface area contributed by atoms with Crippen LogP contribution in [0.2, 0.25) is 0 Å². The molecule has 1 fully saturated rings. The molecule has 1 aliphatic rings. The summed E-state index contributed by atoms with van der Waals surface area (Å²) in [5, 5.41) is 3.13. The van der Waals surface area contributed by atoms with Crippen molar-refractivity contribution in [3.8, 4) is 0 Å². The van der Waals surface area contributed by atoms with Gasteiger partial charge in [0.1, 0.15) is 6.33 Å². The number of nitrogens with one attached hydrogen (secondary N) is 1. The van der Waals surface area contributed by atoms with Crippen LogP contribution in [0.25, 0.3) is 0 Å². The lowest BCUT2D eigenvalue weighted by molar-refractivity contribution is 0.562. The average Bonchev–Trinajstić information content (AvgIpc) is 2.17. The Morgan fingerprint density at radius 3 is 2.73 bits per heavy atom. The molecule has 0 spiro atoms. The number of anilines is 1. The van der Waals surface area contributed by atoms with E-state index in [1.54, 1.807) is 12.4 Å². The zero-order valence-corrected chi connectivity index (χ0v) is 9.07. The third-order valence-corrected chi connectivity index (χ3v) is 4.22. The highest BCUT2D eigenvalue weighted by atomic mass is 32.2. The van der Waals surface area contributed by atoms with Gasteiger partial charge in [-0.15, -0.1) is 0 Å². The summed E-state index contributed by atoms with van der Waals surface area (Å²) in [7, 11) is -2.86. The van der Waals surface area contributed by atoms with Crippen LogP contribution in [0.4, 0.5) is 5.69 Å².